The molecule has 0 atom stereocenters. The monoisotopic (exact) mass is 278 g/mol. The van der Waals surface area contributed by atoms with Gasteiger partial charge in [0.2, 0.25) is 11.8 Å². The van der Waals surface area contributed by atoms with Crippen LogP contribution in [0.25, 0.3) is 0 Å². The summed E-state index contributed by atoms with van der Waals surface area (Å²) in [6, 6.07) is 3.94. The molecule has 0 aromatic heterocycles. The molecule has 0 saturated heterocycles. The standard InChI is InChI=1S/C12H14N4O4/c13-12(18)7-1-4-10(16(19)20)9(5-7)14-6-11(17)15-8-2-3-8/h1,4-5,8,14H,2-3,6H2,(H2,13,18)(H,15,17). The van der Waals surface area contributed by atoms with Gasteiger partial charge in [-0.1, -0.05) is 0 Å². The first-order chi connectivity index (χ1) is 9.47. The normalized spacial score (nSPS) is 13.6. The van der Waals surface area contributed by atoms with E-state index in [1.165, 1.54) is 18.2 Å². The van der Waals surface area contributed by atoms with Crippen molar-refractivity contribution in [1.82, 2.24) is 5.32 Å². The lowest BCUT2D eigenvalue weighted by Gasteiger charge is -2.08. The number of primary amides is 1. The number of nitro benzene ring substituents is 1. The second kappa shape index (κ2) is 5.55. The van der Waals surface area contributed by atoms with Crippen molar-refractivity contribution in [3.63, 3.8) is 0 Å². The Hall–Kier alpha value is -2.64. The zero-order valence-electron chi connectivity index (χ0n) is 10.6. The second-order valence-electron chi connectivity index (χ2n) is 4.55. The summed E-state index contributed by atoms with van der Waals surface area (Å²) in [4.78, 5) is 32.9. The Balaban J connectivity index is 2.10. The highest BCUT2D eigenvalue weighted by Gasteiger charge is 2.23. The second-order valence-corrected chi connectivity index (χ2v) is 4.55. The Morgan fingerprint density at radius 1 is 1.40 bits per heavy atom. The molecule has 0 radical (unpaired) electrons. The van der Waals surface area contributed by atoms with E-state index >= 15 is 0 Å². The lowest BCUT2D eigenvalue weighted by molar-refractivity contribution is -0.383. The van der Waals surface area contributed by atoms with Crippen LogP contribution in [0.15, 0.2) is 18.2 Å². The fourth-order valence-electron chi connectivity index (χ4n) is 1.67. The number of anilines is 1. The minimum absolute atomic E-state index is 0.0947. The molecular weight excluding hydrogens is 264 g/mol. The van der Waals surface area contributed by atoms with Crippen LogP contribution in [0.2, 0.25) is 0 Å². The van der Waals surface area contributed by atoms with E-state index < -0.39 is 10.8 Å². The quantitative estimate of drug-likeness (QED) is 0.512. The molecule has 0 bridgehead atoms. The third kappa shape index (κ3) is 3.44. The molecule has 20 heavy (non-hydrogen) atoms. The summed E-state index contributed by atoms with van der Waals surface area (Å²) in [6.45, 7) is -0.0977. The first-order valence-corrected chi connectivity index (χ1v) is 6.09. The van der Waals surface area contributed by atoms with Crippen LogP contribution in [0.4, 0.5) is 11.4 Å². The van der Waals surface area contributed by atoms with Crippen molar-refractivity contribution in [2.45, 2.75) is 18.9 Å². The average molecular weight is 278 g/mol. The van der Waals surface area contributed by atoms with Crippen molar-refractivity contribution in [1.29, 1.82) is 0 Å². The number of nitrogens with one attached hydrogen (secondary N) is 2. The van der Waals surface area contributed by atoms with Gasteiger partial charge < -0.3 is 16.4 Å². The van der Waals surface area contributed by atoms with Gasteiger partial charge in [0.25, 0.3) is 5.69 Å². The number of hydrogen-bond donors (Lipinski definition) is 3. The summed E-state index contributed by atoms with van der Waals surface area (Å²) in [6.07, 6.45) is 1.92. The van der Waals surface area contributed by atoms with Crippen molar-refractivity contribution in [3.05, 3.63) is 33.9 Å². The summed E-state index contributed by atoms with van der Waals surface area (Å²) in [5, 5.41) is 16.3. The maximum absolute atomic E-state index is 11.5. The van der Waals surface area contributed by atoms with E-state index in [4.69, 9.17) is 5.73 Å². The Morgan fingerprint density at radius 2 is 2.10 bits per heavy atom. The number of rotatable bonds is 6. The lowest BCUT2D eigenvalue weighted by atomic mass is 10.1. The van der Waals surface area contributed by atoms with E-state index in [1.807, 2.05) is 0 Å². The number of nitrogens with two attached hydrogens (primary N) is 1. The van der Waals surface area contributed by atoms with Gasteiger partial charge in [0.05, 0.1) is 11.5 Å². The van der Waals surface area contributed by atoms with Gasteiger partial charge in [-0.25, -0.2) is 0 Å². The van der Waals surface area contributed by atoms with Crippen LogP contribution in [0.5, 0.6) is 0 Å². The minimum Gasteiger partial charge on any atom is -0.371 e. The van der Waals surface area contributed by atoms with E-state index in [1.54, 1.807) is 0 Å². The molecule has 4 N–H and O–H groups in total. The SMILES string of the molecule is NC(=O)c1ccc([N+](=O)[O-])c(NCC(=O)NC2CC2)c1. The van der Waals surface area contributed by atoms with Crippen molar-refractivity contribution in [2.24, 2.45) is 5.73 Å². The molecule has 2 rings (SSSR count). The van der Waals surface area contributed by atoms with E-state index in [2.05, 4.69) is 10.6 Å². The molecule has 0 aliphatic heterocycles. The maximum atomic E-state index is 11.5. The Labute approximate surface area is 114 Å². The number of nitrogens with zero attached hydrogens (tertiary/aromatic N) is 1. The molecule has 0 heterocycles. The Kier molecular flexibility index (Phi) is 3.83. The number of carbonyl (C=O) groups excluding carboxylic acids is 2. The van der Waals surface area contributed by atoms with Crippen LogP contribution >= 0.6 is 0 Å². The van der Waals surface area contributed by atoms with Crippen LogP contribution in [0, 0.1) is 10.1 Å². The van der Waals surface area contributed by atoms with Gasteiger partial charge in [-0.15, -0.1) is 0 Å². The molecule has 1 aliphatic rings. The molecule has 2 amide bonds. The molecule has 1 aliphatic carbocycles. The first kappa shape index (κ1) is 13.8. The third-order valence-corrected chi connectivity index (χ3v) is 2.86. The number of carbonyl (C=O) groups is 2. The Morgan fingerprint density at radius 3 is 2.65 bits per heavy atom. The van der Waals surface area contributed by atoms with Gasteiger partial charge in [0.1, 0.15) is 5.69 Å². The van der Waals surface area contributed by atoms with Crippen LogP contribution in [-0.4, -0.2) is 29.3 Å². The van der Waals surface area contributed by atoms with E-state index in [9.17, 15) is 19.7 Å². The fourth-order valence-corrected chi connectivity index (χ4v) is 1.67. The number of benzene rings is 1. The summed E-state index contributed by atoms with van der Waals surface area (Å²) >= 11 is 0. The van der Waals surface area contributed by atoms with Gasteiger partial charge in [-0.05, 0) is 25.0 Å². The van der Waals surface area contributed by atoms with Crippen molar-refractivity contribution >= 4 is 23.2 Å². The number of hydrogen-bond acceptors (Lipinski definition) is 5. The van der Waals surface area contributed by atoms with E-state index in [0.29, 0.717) is 0 Å². The largest absolute Gasteiger partial charge is 0.371 e. The summed E-state index contributed by atoms with van der Waals surface area (Å²) in [5.74, 6) is -0.934. The topological polar surface area (TPSA) is 127 Å². The Bertz CT molecular complexity index is 569. The van der Waals surface area contributed by atoms with E-state index in [0.717, 1.165) is 12.8 Å². The van der Waals surface area contributed by atoms with Gasteiger partial charge >= 0.3 is 0 Å². The maximum Gasteiger partial charge on any atom is 0.292 e. The van der Waals surface area contributed by atoms with Crippen molar-refractivity contribution in [3.8, 4) is 0 Å². The van der Waals surface area contributed by atoms with Crippen molar-refractivity contribution < 1.29 is 14.5 Å². The first-order valence-electron chi connectivity index (χ1n) is 6.09. The molecule has 0 spiro atoms. The van der Waals surface area contributed by atoms with Crippen LogP contribution in [0.3, 0.4) is 0 Å². The molecule has 8 heteroatoms. The molecule has 1 fully saturated rings. The van der Waals surface area contributed by atoms with Crippen LogP contribution in [-0.2, 0) is 4.79 Å². The highest BCUT2D eigenvalue weighted by Crippen LogP contribution is 2.25. The molecule has 1 saturated carbocycles. The van der Waals surface area contributed by atoms with E-state index in [-0.39, 0.29) is 35.4 Å². The van der Waals surface area contributed by atoms with Crippen LogP contribution in [0.1, 0.15) is 23.2 Å². The fraction of sp³-hybridized carbons (Fsp3) is 0.333. The zero-order valence-corrected chi connectivity index (χ0v) is 10.6. The van der Waals surface area contributed by atoms with Gasteiger partial charge in [-0.3, -0.25) is 19.7 Å². The molecule has 1 aromatic rings. The van der Waals surface area contributed by atoms with Gasteiger partial charge in [0.15, 0.2) is 0 Å². The third-order valence-electron chi connectivity index (χ3n) is 2.86. The highest BCUT2D eigenvalue weighted by atomic mass is 16.6. The average Bonchev–Trinajstić information content (AvgIpc) is 3.19. The number of amides is 2. The molecule has 106 valence electrons. The predicted molar refractivity (Wildman–Crippen MR) is 71.3 cm³/mol. The molecule has 0 unspecified atom stereocenters. The smallest absolute Gasteiger partial charge is 0.292 e. The minimum atomic E-state index is -0.689. The summed E-state index contributed by atoms with van der Waals surface area (Å²) in [5.41, 5.74) is 5.14. The lowest BCUT2D eigenvalue weighted by Crippen LogP contribution is -2.31. The highest BCUT2D eigenvalue weighted by molar-refractivity contribution is 5.95. The van der Waals surface area contributed by atoms with Gasteiger partial charge in [-0.2, -0.15) is 0 Å². The predicted octanol–water partition coefficient (Wildman–Crippen LogP) is 0.384. The van der Waals surface area contributed by atoms with Crippen molar-refractivity contribution in [2.75, 3.05) is 11.9 Å². The molecule has 1 aromatic carbocycles. The zero-order chi connectivity index (χ0) is 14.7. The van der Waals surface area contributed by atoms with Crippen LogP contribution < -0.4 is 16.4 Å². The summed E-state index contributed by atoms with van der Waals surface area (Å²) < 4.78 is 0. The summed E-state index contributed by atoms with van der Waals surface area (Å²) in [7, 11) is 0. The molecule has 8 nitrogen and oxygen atoms in total. The number of nitro groups is 1. The molecular formula is C12H14N4O4. The van der Waals surface area contributed by atoms with Gasteiger partial charge in [0, 0.05) is 17.7 Å².